The van der Waals surface area contributed by atoms with Crippen LogP contribution in [0.2, 0.25) is 0 Å². The second-order valence-electron chi connectivity index (χ2n) is 18.0. The molecule has 0 saturated heterocycles. The van der Waals surface area contributed by atoms with E-state index in [9.17, 15) is 0 Å². The van der Waals surface area contributed by atoms with Crippen LogP contribution >= 0.6 is 0 Å². The fourth-order valence-corrected chi connectivity index (χ4v) is 8.64. The molecular formula is C53H50N5OPt-3. The van der Waals surface area contributed by atoms with Crippen LogP contribution in [-0.4, -0.2) is 14.5 Å². The Hall–Kier alpha value is -5.71. The first-order valence-electron chi connectivity index (χ1n) is 20.4. The second kappa shape index (κ2) is 15.4. The molecule has 0 bridgehead atoms. The maximum atomic E-state index is 6.57. The third-order valence-electron chi connectivity index (χ3n) is 11.6. The van der Waals surface area contributed by atoms with E-state index in [0.717, 1.165) is 50.4 Å². The second-order valence-corrected chi connectivity index (χ2v) is 18.0. The molecule has 0 N–H and O–H groups in total. The number of aromatic nitrogens is 3. The molecule has 1 aliphatic rings. The van der Waals surface area contributed by atoms with E-state index in [4.69, 9.17) is 9.72 Å². The van der Waals surface area contributed by atoms with Crippen molar-refractivity contribution in [2.24, 2.45) is 0 Å². The Kier molecular flexibility index (Phi) is 10.5. The Morgan fingerprint density at radius 3 is 2.03 bits per heavy atom. The van der Waals surface area contributed by atoms with E-state index in [1.807, 2.05) is 36.8 Å². The summed E-state index contributed by atoms with van der Waals surface area (Å²) in [7, 11) is 0. The minimum Gasteiger partial charge on any atom is -0.509 e. The van der Waals surface area contributed by atoms with Crippen molar-refractivity contribution in [1.29, 1.82) is 0 Å². The molecule has 0 atom stereocenters. The molecule has 5 aromatic carbocycles. The summed E-state index contributed by atoms with van der Waals surface area (Å²) in [6.07, 6.45) is 5.67. The van der Waals surface area contributed by atoms with Gasteiger partial charge in [0.15, 0.2) is 0 Å². The fraction of sp³-hybridized carbons (Fsp3) is 0.226. The summed E-state index contributed by atoms with van der Waals surface area (Å²) >= 11 is 0. The first-order valence-corrected chi connectivity index (χ1v) is 20.4. The van der Waals surface area contributed by atoms with Gasteiger partial charge in [-0.3, -0.25) is 4.98 Å². The van der Waals surface area contributed by atoms with Gasteiger partial charge < -0.3 is 19.1 Å². The van der Waals surface area contributed by atoms with Gasteiger partial charge in [-0.05, 0) is 125 Å². The number of fused-ring (bicyclic) bond motifs is 4. The molecule has 0 fully saturated rings. The Morgan fingerprint density at radius 1 is 0.617 bits per heavy atom. The molecule has 60 heavy (non-hydrogen) atoms. The molecule has 4 heterocycles. The number of hydrogen-bond donors (Lipinski definition) is 0. The number of anilines is 4. The van der Waals surface area contributed by atoms with Crippen LogP contribution in [0.3, 0.4) is 0 Å². The van der Waals surface area contributed by atoms with Crippen LogP contribution in [0.15, 0.2) is 116 Å². The standard InChI is InChI=1S/C53H50N5O.Pt/c1-33-26-39(53(8,9)10)27-34(2)50(33)37-24-35(3)51(36(4)25-37)57-32-56(48-31-54-22-21-46(48)57)40-14-13-15-41(29-40)59-42-18-19-44-43-16-11-12-17-45(43)58(47(44)30-42)49-28-38(20-23-55-49)52(5,6)7;/h11-28,31-32H,1-10H3;/q-3;. The molecule has 0 unspecified atom stereocenters. The summed E-state index contributed by atoms with van der Waals surface area (Å²) in [6, 6.07) is 41.4. The van der Waals surface area contributed by atoms with E-state index < -0.39 is 0 Å². The summed E-state index contributed by atoms with van der Waals surface area (Å²) in [6.45, 7) is 24.5. The number of aryl methyl sites for hydroxylation is 4. The van der Waals surface area contributed by atoms with E-state index in [-0.39, 0.29) is 31.9 Å². The van der Waals surface area contributed by atoms with E-state index in [0.29, 0.717) is 11.5 Å². The van der Waals surface area contributed by atoms with Crippen molar-refractivity contribution in [1.82, 2.24) is 14.5 Å². The number of hydrogen-bond acceptors (Lipinski definition) is 5. The third kappa shape index (κ3) is 7.30. The Labute approximate surface area is 369 Å². The van der Waals surface area contributed by atoms with Crippen molar-refractivity contribution in [3.63, 3.8) is 0 Å². The van der Waals surface area contributed by atoms with Gasteiger partial charge in [-0.1, -0.05) is 77.4 Å². The van der Waals surface area contributed by atoms with Crippen LogP contribution < -0.4 is 14.5 Å². The maximum Gasteiger partial charge on any atom is 0.135 e. The molecule has 0 spiro atoms. The van der Waals surface area contributed by atoms with E-state index in [1.165, 1.54) is 44.5 Å². The molecule has 306 valence electrons. The fourth-order valence-electron chi connectivity index (χ4n) is 8.64. The van der Waals surface area contributed by atoms with Crippen LogP contribution in [0.1, 0.15) is 74.9 Å². The van der Waals surface area contributed by atoms with E-state index in [1.54, 1.807) is 0 Å². The van der Waals surface area contributed by atoms with Gasteiger partial charge in [0.05, 0.1) is 5.69 Å². The van der Waals surface area contributed by atoms with E-state index >= 15 is 0 Å². The van der Waals surface area contributed by atoms with Gasteiger partial charge in [-0.2, -0.15) is 12.1 Å². The van der Waals surface area contributed by atoms with Gasteiger partial charge in [-0.25, -0.2) is 4.98 Å². The topological polar surface area (TPSA) is 46.4 Å². The number of nitrogens with zero attached hydrogens (tertiary/aromatic N) is 5. The Balaban J connectivity index is 0.00000499. The molecule has 6 nitrogen and oxygen atoms in total. The zero-order valence-electron chi connectivity index (χ0n) is 36.0. The molecular weight excluding hydrogens is 918 g/mol. The first kappa shape index (κ1) is 41.0. The molecule has 3 aromatic heterocycles. The molecule has 0 radical (unpaired) electrons. The molecule has 0 saturated carbocycles. The molecule has 1 aliphatic heterocycles. The van der Waals surface area contributed by atoms with Crippen LogP contribution in [0, 0.1) is 46.5 Å². The molecule has 9 rings (SSSR count). The van der Waals surface area contributed by atoms with Gasteiger partial charge in [0, 0.05) is 68.0 Å². The van der Waals surface area contributed by atoms with Crippen LogP contribution in [0.25, 0.3) is 38.8 Å². The SMILES string of the molecule is Cc1cc(C(C)(C)C)cc(C)c1-c1cc(C)c(N2[CH-]N(c3[c-]c(Oc4[c-]c5c(cc4)c4ccccc4n5-c4cc(C(C)(C)C)ccn4)ccc3)c3cnccc32)c(C)c1.[Pt]. The average Bonchev–Trinajstić information content (AvgIpc) is 3.73. The normalized spacial score (nSPS) is 12.9. The molecule has 8 aromatic rings. The van der Waals surface area contributed by atoms with Crippen molar-refractivity contribution in [3.05, 3.63) is 168 Å². The summed E-state index contributed by atoms with van der Waals surface area (Å²) < 4.78 is 8.76. The van der Waals surface area contributed by atoms with E-state index in [2.05, 4.69) is 186 Å². The van der Waals surface area contributed by atoms with Gasteiger partial charge in [-0.15, -0.1) is 48.1 Å². The van der Waals surface area contributed by atoms with Gasteiger partial charge in [0.1, 0.15) is 5.82 Å². The molecule has 0 aliphatic carbocycles. The van der Waals surface area contributed by atoms with Crippen molar-refractivity contribution in [2.45, 2.75) is 80.1 Å². The number of pyridine rings is 2. The first-order chi connectivity index (χ1) is 28.2. The van der Waals surface area contributed by atoms with Crippen molar-refractivity contribution in [2.75, 3.05) is 9.80 Å². The number of ether oxygens (including phenoxy) is 1. The van der Waals surface area contributed by atoms with Crippen LogP contribution in [0.5, 0.6) is 11.5 Å². The minimum absolute atomic E-state index is 0. The van der Waals surface area contributed by atoms with Crippen molar-refractivity contribution in [3.8, 4) is 28.4 Å². The zero-order chi connectivity index (χ0) is 41.4. The largest absolute Gasteiger partial charge is 0.509 e. The summed E-state index contributed by atoms with van der Waals surface area (Å²) in [5, 5.41) is 2.23. The van der Waals surface area contributed by atoms with Gasteiger partial charge in [0.2, 0.25) is 0 Å². The summed E-state index contributed by atoms with van der Waals surface area (Å²) in [5.41, 5.74) is 16.2. The van der Waals surface area contributed by atoms with Gasteiger partial charge >= 0.3 is 0 Å². The van der Waals surface area contributed by atoms with Crippen molar-refractivity contribution >= 4 is 44.6 Å². The van der Waals surface area contributed by atoms with Crippen LogP contribution in [0.4, 0.5) is 22.7 Å². The Bertz CT molecular complexity index is 2890. The number of benzene rings is 5. The molecule has 0 amide bonds. The number of rotatable bonds is 6. The number of para-hydroxylation sites is 1. The minimum atomic E-state index is -0.0181. The monoisotopic (exact) mass is 967 g/mol. The predicted octanol–water partition coefficient (Wildman–Crippen LogP) is 13.9. The van der Waals surface area contributed by atoms with Crippen molar-refractivity contribution < 1.29 is 25.8 Å². The predicted molar refractivity (Wildman–Crippen MR) is 244 cm³/mol. The summed E-state index contributed by atoms with van der Waals surface area (Å²) in [5.74, 6) is 2.04. The Morgan fingerprint density at radius 2 is 1.32 bits per heavy atom. The quantitative estimate of drug-likeness (QED) is 0.155. The van der Waals surface area contributed by atoms with Crippen LogP contribution in [-0.2, 0) is 31.9 Å². The zero-order valence-corrected chi connectivity index (χ0v) is 38.3. The third-order valence-corrected chi connectivity index (χ3v) is 11.6. The molecule has 7 heteroatoms. The maximum absolute atomic E-state index is 6.57. The smallest absolute Gasteiger partial charge is 0.135 e. The average molecular weight is 968 g/mol. The summed E-state index contributed by atoms with van der Waals surface area (Å²) in [4.78, 5) is 13.8. The van der Waals surface area contributed by atoms with Gasteiger partial charge in [0.25, 0.3) is 0 Å².